The number of benzene rings is 3. The summed E-state index contributed by atoms with van der Waals surface area (Å²) in [6.07, 6.45) is 4.81. The Morgan fingerprint density at radius 2 is 1.70 bits per heavy atom. The second kappa shape index (κ2) is 17.5. The van der Waals surface area contributed by atoms with Crippen LogP contribution in [0.15, 0.2) is 90.1 Å². The molecule has 2 saturated heterocycles. The minimum Gasteiger partial charge on any atom is -0.388 e. The fourth-order valence-corrected chi connectivity index (χ4v) is 8.20. The van der Waals surface area contributed by atoms with E-state index in [1.54, 1.807) is 48.7 Å². The van der Waals surface area contributed by atoms with E-state index >= 15 is 0 Å². The topological polar surface area (TPSA) is 153 Å². The number of likely N-dealkylation sites (tertiary alicyclic amines) is 2. The highest BCUT2D eigenvalue weighted by Crippen LogP contribution is 2.32. The summed E-state index contributed by atoms with van der Waals surface area (Å²) < 4.78 is 1.44. The van der Waals surface area contributed by atoms with E-state index in [0.717, 1.165) is 18.4 Å². The fourth-order valence-electron chi connectivity index (χ4n) is 7.98. The van der Waals surface area contributed by atoms with Gasteiger partial charge in [0.2, 0.25) is 11.8 Å². The Balaban J connectivity index is 0.955. The van der Waals surface area contributed by atoms with E-state index in [1.807, 2.05) is 42.1 Å². The monoisotopic (exact) mass is 792 g/mol. The average Bonchev–Trinajstić information content (AvgIpc) is 3.60. The normalized spacial score (nSPS) is 18.3. The first-order chi connectivity index (χ1) is 27.4. The molecule has 298 valence electrons. The Morgan fingerprint density at radius 1 is 0.947 bits per heavy atom. The van der Waals surface area contributed by atoms with Gasteiger partial charge in [0.1, 0.15) is 0 Å². The zero-order valence-corrected chi connectivity index (χ0v) is 33.1. The van der Waals surface area contributed by atoms with E-state index in [-0.39, 0.29) is 41.7 Å². The molecule has 2 aliphatic heterocycles. The molecule has 5 aromatic rings. The zero-order valence-electron chi connectivity index (χ0n) is 32.4. The average molecular weight is 793 g/mol. The Bertz CT molecular complexity index is 2310. The fraction of sp³-hybridized carbons (Fsp3) is 0.395. The minimum atomic E-state index is -1.19. The van der Waals surface area contributed by atoms with Crippen LogP contribution in [0.5, 0.6) is 0 Å². The summed E-state index contributed by atoms with van der Waals surface area (Å²) in [6, 6.07) is 22.2. The number of carbonyl (C=O) groups is 3. The van der Waals surface area contributed by atoms with Gasteiger partial charge in [-0.05, 0) is 81.2 Å². The van der Waals surface area contributed by atoms with Crippen LogP contribution in [0.25, 0.3) is 21.8 Å². The Hall–Kier alpha value is -5.21. The molecule has 14 heteroatoms. The van der Waals surface area contributed by atoms with Gasteiger partial charge >= 0.3 is 0 Å². The lowest BCUT2D eigenvalue weighted by atomic mass is 9.86. The van der Waals surface area contributed by atoms with E-state index < -0.39 is 5.60 Å². The SMILES string of the molecule is CN(C)CCC(=O)Nc1ccc2c(=O)n(CC3(O)CCN(C(=O)C4CN(CCNC(=O)c5ccc6c(Cl)ccnc6c5)CC4Cc4ccccc4)CC3)cnc2c1. The van der Waals surface area contributed by atoms with Crippen molar-refractivity contribution in [3.05, 3.63) is 112 Å². The maximum atomic E-state index is 14.2. The lowest BCUT2D eigenvalue weighted by Crippen LogP contribution is -2.51. The number of nitrogens with one attached hydrogen (secondary N) is 2. The quantitative estimate of drug-likeness (QED) is 0.160. The van der Waals surface area contributed by atoms with E-state index in [0.29, 0.717) is 91.2 Å². The van der Waals surface area contributed by atoms with E-state index in [4.69, 9.17) is 11.6 Å². The molecule has 2 fully saturated rings. The number of carbonyl (C=O) groups excluding carboxylic acids is 3. The van der Waals surface area contributed by atoms with Crippen LogP contribution >= 0.6 is 11.6 Å². The number of piperidine rings is 1. The van der Waals surface area contributed by atoms with Gasteiger partial charge in [0.15, 0.2) is 0 Å². The third-order valence-corrected chi connectivity index (χ3v) is 11.5. The van der Waals surface area contributed by atoms with Gasteiger partial charge in [0, 0.05) is 75.1 Å². The molecule has 2 atom stereocenters. The number of fused-ring (bicyclic) bond motifs is 2. The highest BCUT2D eigenvalue weighted by Gasteiger charge is 2.42. The molecule has 0 radical (unpaired) electrons. The second-order valence-corrected chi connectivity index (χ2v) is 16.1. The van der Waals surface area contributed by atoms with Gasteiger partial charge in [-0.15, -0.1) is 0 Å². The Kier molecular flexibility index (Phi) is 12.3. The summed E-state index contributed by atoms with van der Waals surface area (Å²) in [5.74, 6) is -0.398. The first-order valence-corrected chi connectivity index (χ1v) is 19.9. The standard InChI is InChI=1S/C43H49ClN8O5/c1-49(2)18-13-39(53)48-32-9-11-34-38(24-32)47-28-52(41(34)55)27-43(57)14-19-51(20-15-43)42(56)35-26-50(25-31(35)22-29-6-4-3-5-7-29)21-17-46-40(54)30-8-10-33-36(44)12-16-45-37(33)23-30/h3-12,16,23-24,28,31,35,57H,13-15,17-22,25-27H2,1-2H3,(H,46,54)(H,48,53). The molecule has 0 spiro atoms. The van der Waals surface area contributed by atoms with Crippen molar-refractivity contribution in [2.75, 3.05) is 65.2 Å². The zero-order chi connectivity index (χ0) is 40.1. The molecule has 2 aliphatic rings. The van der Waals surface area contributed by atoms with Crippen molar-refractivity contribution in [2.45, 2.75) is 37.8 Å². The Labute approximate surface area is 336 Å². The molecular formula is C43H49ClN8O5. The van der Waals surface area contributed by atoms with Gasteiger partial charge in [0.25, 0.3) is 11.5 Å². The van der Waals surface area contributed by atoms with Gasteiger partial charge in [-0.1, -0.05) is 48.0 Å². The molecule has 3 N–H and O–H groups in total. The van der Waals surface area contributed by atoms with Crippen LogP contribution in [0, 0.1) is 11.8 Å². The summed E-state index contributed by atoms with van der Waals surface area (Å²) in [5, 5.41) is 19.3. The van der Waals surface area contributed by atoms with Gasteiger partial charge in [0.05, 0.1) is 45.8 Å². The number of aliphatic hydroxyl groups is 1. The summed E-state index contributed by atoms with van der Waals surface area (Å²) >= 11 is 6.27. The molecule has 3 aromatic carbocycles. The number of amides is 3. The van der Waals surface area contributed by atoms with E-state index in [1.165, 1.54) is 16.5 Å². The molecule has 3 amide bonds. The van der Waals surface area contributed by atoms with Crippen molar-refractivity contribution in [3.63, 3.8) is 0 Å². The van der Waals surface area contributed by atoms with Crippen LogP contribution in [-0.2, 0) is 22.6 Å². The number of hydrogen-bond acceptors (Lipinski definition) is 9. The van der Waals surface area contributed by atoms with E-state index in [2.05, 4.69) is 37.6 Å². The van der Waals surface area contributed by atoms with Crippen LogP contribution in [0.4, 0.5) is 5.69 Å². The molecule has 7 rings (SSSR count). The van der Waals surface area contributed by atoms with Crippen molar-refractivity contribution in [3.8, 4) is 0 Å². The predicted octanol–water partition coefficient (Wildman–Crippen LogP) is 4.06. The molecule has 4 heterocycles. The number of rotatable bonds is 13. The van der Waals surface area contributed by atoms with Crippen LogP contribution in [-0.4, -0.2) is 118 Å². The van der Waals surface area contributed by atoms with Crippen molar-refractivity contribution in [2.24, 2.45) is 11.8 Å². The number of hydrogen-bond donors (Lipinski definition) is 3. The first kappa shape index (κ1) is 40.0. The molecule has 13 nitrogen and oxygen atoms in total. The largest absolute Gasteiger partial charge is 0.388 e. The Morgan fingerprint density at radius 3 is 2.47 bits per heavy atom. The van der Waals surface area contributed by atoms with Gasteiger partial charge in [-0.25, -0.2) is 4.98 Å². The molecule has 0 saturated carbocycles. The molecule has 0 aliphatic carbocycles. The summed E-state index contributed by atoms with van der Waals surface area (Å²) in [6.45, 7) is 3.74. The van der Waals surface area contributed by atoms with Crippen molar-refractivity contribution in [1.82, 2.24) is 34.6 Å². The number of nitrogens with zero attached hydrogens (tertiary/aromatic N) is 6. The summed E-state index contributed by atoms with van der Waals surface area (Å²) in [5.41, 5.74) is 1.90. The summed E-state index contributed by atoms with van der Waals surface area (Å²) in [7, 11) is 3.81. The van der Waals surface area contributed by atoms with E-state index in [9.17, 15) is 24.3 Å². The predicted molar refractivity (Wildman–Crippen MR) is 221 cm³/mol. The number of aromatic nitrogens is 3. The second-order valence-electron chi connectivity index (χ2n) is 15.7. The van der Waals surface area contributed by atoms with Crippen LogP contribution < -0.4 is 16.2 Å². The maximum Gasteiger partial charge on any atom is 0.261 e. The molecule has 0 bridgehead atoms. The lowest BCUT2D eigenvalue weighted by Gasteiger charge is -2.39. The van der Waals surface area contributed by atoms with Crippen molar-refractivity contribution >= 4 is 56.8 Å². The summed E-state index contributed by atoms with van der Waals surface area (Å²) in [4.78, 5) is 67.9. The van der Waals surface area contributed by atoms with Gasteiger partial charge in [-0.2, -0.15) is 0 Å². The lowest BCUT2D eigenvalue weighted by molar-refractivity contribution is -0.141. The molecular weight excluding hydrogens is 744 g/mol. The van der Waals surface area contributed by atoms with Crippen LogP contribution in [0.3, 0.4) is 0 Å². The highest BCUT2D eigenvalue weighted by atomic mass is 35.5. The minimum absolute atomic E-state index is 0.0584. The van der Waals surface area contributed by atoms with Crippen LogP contribution in [0.2, 0.25) is 5.02 Å². The molecule has 57 heavy (non-hydrogen) atoms. The number of pyridine rings is 1. The smallest absolute Gasteiger partial charge is 0.261 e. The number of halogens is 1. The third-order valence-electron chi connectivity index (χ3n) is 11.2. The van der Waals surface area contributed by atoms with Crippen molar-refractivity contribution < 1.29 is 19.5 Å². The molecule has 2 unspecified atom stereocenters. The van der Waals surface area contributed by atoms with Gasteiger partial charge in [-0.3, -0.25) is 28.7 Å². The number of anilines is 1. The molecule has 2 aromatic heterocycles. The highest BCUT2D eigenvalue weighted by molar-refractivity contribution is 6.35. The third kappa shape index (κ3) is 9.67. The van der Waals surface area contributed by atoms with Crippen molar-refractivity contribution in [1.29, 1.82) is 0 Å². The maximum absolute atomic E-state index is 14.2. The first-order valence-electron chi connectivity index (χ1n) is 19.5. The van der Waals surface area contributed by atoms with Gasteiger partial charge < -0.3 is 30.4 Å². The van der Waals surface area contributed by atoms with Crippen LogP contribution in [0.1, 0.15) is 35.2 Å².